The smallest absolute Gasteiger partial charge is 0.264 e. The first-order chi connectivity index (χ1) is 18.5. The van der Waals surface area contributed by atoms with Crippen molar-refractivity contribution < 1.29 is 18.0 Å². The number of nitrogens with one attached hydrogen (secondary N) is 1. The normalized spacial score (nSPS) is 12.1. The minimum atomic E-state index is -4.20. The summed E-state index contributed by atoms with van der Waals surface area (Å²) in [5, 5.41) is 3.80. The van der Waals surface area contributed by atoms with Crippen LogP contribution >= 0.6 is 34.8 Å². The van der Waals surface area contributed by atoms with Crippen molar-refractivity contribution >= 4 is 62.3 Å². The van der Waals surface area contributed by atoms with Crippen LogP contribution in [0.1, 0.15) is 31.4 Å². The van der Waals surface area contributed by atoms with E-state index in [9.17, 15) is 18.0 Å². The molecule has 0 fully saturated rings. The van der Waals surface area contributed by atoms with E-state index in [1.807, 2.05) is 0 Å². The molecule has 0 heterocycles. The molecule has 0 aliphatic carbocycles. The van der Waals surface area contributed by atoms with Gasteiger partial charge in [0.15, 0.2) is 0 Å². The van der Waals surface area contributed by atoms with E-state index in [4.69, 9.17) is 34.8 Å². The number of halogens is 3. The molecule has 1 atom stereocenters. The molecule has 0 radical (unpaired) electrons. The molecule has 11 heteroatoms. The third-order valence-electron chi connectivity index (χ3n) is 6.19. The Morgan fingerprint density at radius 1 is 0.897 bits per heavy atom. The van der Waals surface area contributed by atoms with Gasteiger partial charge in [-0.15, -0.1) is 0 Å². The van der Waals surface area contributed by atoms with Gasteiger partial charge >= 0.3 is 0 Å². The van der Waals surface area contributed by atoms with Gasteiger partial charge in [-0.2, -0.15) is 0 Å². The lowest BCUT2D eigenvalue weighted by atomic mass is 10.1. The Morgan fingerprint density at radius 2 is 1.51 bits per heavy atom. The summed E-state index contributed by atoms with van der Waals surface area (Å²) in [6.45, 7) is 5.03. The van der Waals surface area contributed by atoms with Crippen LogP contribution in [0.4, 0.5) is 5.69 Å². The van der Waals surface area contributed by atoms with Gasteiger partial charge in [-0.05, 0) is 68.3 Å². The number of hydrogen-bond donors (Lipinski definition) is 1. The summed E-state index contributed by atoms with van der Waals surface area (Å²) in [4.78, 5) is 28.4. The maximum atomic E-state index is 14.0. The van der Waals surface area contributed by atoms with Gasteiger partial charge < -0.3 is 10.2 Å². The predicted octanol–water partition coefficient (Wildman–Crippen LogP) is 6.09. The van der Waals surface area contributed by atoms with Crippen molar-refractivity contribution in [3.05, 3.63) is 92.9 Å². The average molecular weight is 611 g/mol. The fourth-order valence-electron chi connectivity index (χ4n) is 4.16. The summed E-state index contributed by atoms with van der Waals surface area (Å²) in [6, 6.07) is 16.7. The van der Waals surface area contributed by atoms with Gasteiger partial charge in [-0.1, -0.05) is 66.0 Å². The summed E-state index contributed by atoms with van der Waals surface area (Å²) in [7, 11) is -4.20. The molecule has 0 saturated heterocycles. The monoisotopic (exact) mass is 609 g/mol. The first-order valence-corrected chi connectivity index (χ1v) is 14.9. The number of anilines is 1. The molecule has 39 heavy (non-hydrogen) atoms. The van der Waals surface area contributed by atoms with Gasteiger partial charge in [0.05, 0.1) is 10.6 Å². The molecular formula is C28H30Cl3N3O4S. The number of rotatable bonds is 11. The number of amides is 2. The number of carbonyl (C=O) groups is 2. The number of aryl methyl sites for hydroxylation is 1. The maximum Gasteiger partial charge on any atom is 0.264 e. The van der Waals surface area contributed by atoms with Crippen LogP contribution in [0.5, 0.6) is 0 Å². The van der Waals surface area contributed by atoms with Crippen LogP contribution in [0.3, 0.4) is 0 Å². The number of benzene rings is 3. The molecule has 0 aliphatic rings. The van der Waals surface area contributed by atoms with Crippen molar-refractivity contribution in [2.45, 2.75) is 44.7 Å². The fourth-order valence-corrected chi connectivity index (χ4v) is 6.28. The minimum Gasteiger partial charge on any atom is -0.355 e. The molecule has 3 aromatic rings. The molecule has 1 N–H and O–H groups in total. The third kappa shape index (κ3) is 7.25. The first kappa shape index (κ1) is 30.8. The van der Waals surface area contributed by atoms with Crippen LogP contribution < -0.4 is 9.62 Å². The Bertz CT molecular complexity index is 1410. The highest BCUT2D eigenvalue weighted by molar-refractivity contribution is 7.92. The van der Waals surface area contributed by atoms with Crippen molar-refractivity contribution in [1.29, 1.82) is 0 Å². The van der Waals surface area contributed by atoms with Crippen molar-refractivity contribution in [2.24, 2.45) is 0 Å². The summed E-state index contributed by atoms with van der Waals surface area (Å²) in [6.07, 6.45) is 0.286. The zero-order chi connectivity index (χ0) is 28.7. The lowest BCUT2D eigenvalue weighted by Crippen LogP contribution is -2.52. The standard InChI is InChI=1S/C28H30Cl3N3O4S/c1-4-25(28(36)32-5-2)33(17-22-23(30)10-8-11-24(22)31)27(35)18-34(26-12-7-6-9-19(26)3)39(37,38)21-15-13-20(29)14-16-21/h6-16,25H,4-5,17-18H2,1-3H3,(H,32,36). The number of carbonyl (C=O) groups excluding carboxylic acids is 2. The molecule has 3 rings (SSSR count). The lowest BCUT2D eigenvalue weighted by molar-refractivity contribution is -0.140. The zero-order valence-electron chi connectivity index (χ0n) is 21.8. The number of para-hydroxylation sites is 1. The second-order valence-electron chi connectivity index (χ2n) is 8.79. The second-order valence-corrected chi connectivity index (χ2v) is 11.9. The molecule has 0 spiro atoms. The highest BCUT2D eigenvalue weighted by Gasteiger charge is 2.34. The quantitative estimate of drug-likeness (QED) is 0.285. The van der Waals surface area contributed by atoms with E-state index in [0.29, 0.717) is 38.4 Å². The summed E-state index contributed by atoms with van der Waals surface area (Å²) < 4.78 is 28.8. The minimum absolute atomic E-state index is 0.0283. The van der Waals surface area contributed by atoms with Crippen LogP contribution in [-0.2, 0) is 26.2 Å². The molecule has 0 bridgehead atoms. The summed E-state index contributed by atoms with van der Waals surface area (Å²) >= 11 is 18.8. The highest BCUT2D eigenvalue weighted by Crippen LogP contribution is 2.30. The van der Waals surface area contributed by atoms with Gasteiger partial charge in [-0.25, -0.2) is 8.42 Å². The van der Waals surface area contributed by atoms with Crippen LogP contribution in [0.25, 0.3) is 0 Å². The summed E-state index contributed by atoms with van der Waals surface area (Å²) in [5.74, 6) is -0.954. The predicted molar refractivity (Wildman–Crippen MR) is 157 cm³/mol. The average Bonchev–Trinajstić information content (AvgIpc) is 2.89. The third-order valence-corrected chi connectivity index (χ3v) is 8.93. The summed E-state index contributed by atoms with van der Waals surface area (Å²) in [5.41, 5.74) is 1.45. The van der Waals surface area contributed by atoms with Gasteiger partial charge in [0, 0.05) is 33.7 Å². The van der Waals surface area contributed by atoms with E-state index in [2.05, 4.69) is 5.32 Å². The van der Waals surface area contributed by atoms with E-state index < -0.39 is 28.5 Å². The number of sulfonamides is 1. The van der Waals surface area contributed by atoms with Gasteiger partial charge in [0.1, 0.15) is 12.6 Å². The van der Waals surface area contributed by atoms with Gasteiger partial charge in [0.2, 0.25) is 11.8 Å². The van der Waals surface area contributed by atoms with E-state index in [1.54, 1.807) is 63.2 Å². The maximum absolute atomic E-state index is 14.0. The Labute approximate surface area is 244 Å². The number of likely N-dealkylation sites (N-methyl/N-ethyl adjacent to an activating group) is 1. The Balaban J connectivity index is 2.11. The molecular weight excluding hydrogens is 581 g/mol. The van der Waals surface area contributed by atoms with E-state index >= 15 is 0 Å². The van der Waals surface area contributed by atoms with Crippen molar-refractivity contribution in [2.75, 3.05) is 17.4 Å². The molecule has 7 nitrogen and oxygen atoms in total. The fraction of sp³-hybridized carbons (Fsp3) is 0.286. The van der Waals surface area contributed by atoms with Crippen molar-refractivity contribution in [3.8, 4) is 0 Å². The first-order valence-electron chi connectivity index (χ1n) is 12.3. The SMILES string of the molecule is CCNC(=O)C(CC)N(Cc1c(Cl)cccc1Cl)C(=O)CN(c1ccccc1C)S(=O)(=O)c1ccc(Cl)cc1. The molecule has 2 amide bonds. The van der Waals surface area contributed by atoms with Crippen LogP contribution in [0, 0.1) is 6.92 Å². The van der Waals surface area contributed by atoms with Crippen LogP contribution in [0.15, 0.2) is 71.6 Å². The van der Waals surface area contributed by atoms with Crippen molar-refractivity contribution in [1.82, 2.24) is 10.2 Å². The number of nitrogens with zero attached hydrogens (tertiary/aromatic N) is 2. The van der Waals surface area contributed by atoms with Crippen LogP contribution in [0.2, 0.25) is 15.1 Å². The Kier molecular flexibility index (Phi) is 10.7. The molecule has 1 unspecified atom stereocenters. The van der Waals surface area contributed by atoms with Crippen molar-refractivity contribution in [3.63, 3.8) is 0 Å². The second kappa shape index (κ2) is 13.5. The molecule has 208 valence electrons. The zero-order valence-corrected chi connectivity index (χ0v) is 24.9. The largest absolute Gasteiger partial charge is 0.355 e. The highest BCUT2D eigenvalue weighted by atomic mass is 35.5. The Hall–Kier alpha value is -2.78. The topological polar surface area (TPSA) is 86.8 Å². The lowest BCUT2D eigenvalue weighted by Gasteiger charge is -2.33. The molecule has 0 aromatic heterocycles. The van der Waals surface area contributed by atoms with E-state index in [-0.39, 0.29) is 23.8 Å². The van der Waals surface area contributed by atoms with Crippen LogP contribution in [-0.4, -0.2) is 44.3 Å². The Morgan fingerprint density at radius 3 is 2.08 bits per heavy atom. The van der Waals surface area contributed by atoms with Gasteiger partial charge in [-0.3, -0.25) is 13.9 Å². The van der Waals surface area contributed by atoms with E-state index in [1.165, 1.54) is 29.2 Å². The van der Waals surface area contributed by atoms with E-state index in [0.717, 1.165) is 4.31 Å². The molecule has 3 aromatic carbocycles. The molecule has 0 saturated carbocycles. The molecule has 0 aliphatic heterocycles. The number of hydrogen-bond acceptors (Lipinski definition) is 4. The van der Waals surface area contributed by atoms with Gasteiger partial charge in [0.25, 0.3) is 10.0 Å².